The third-order valence-corrected chi connectivity index (χ3v) is 8.88. The smallest absolute Gasteiger partial charge is 0.161 e. The molecule has 0 spiro atoms. The van der Waals surface area contributed by atoms with Crippen LogP contribution in [0.3, 0.4) is 0 Å². The van der Waals surface area contributed by atoms with E-state index >= 15 is 0 Å². The van der Waals surface area contributed by atoms with Gasteiger partial charge in [-0.2, -0.15) is 0 Å². The number of pyridine rings is 1. The fourth-order valence-electron chi connectivity index (χ4n) is 5.96. The van der Waals surface area contributed by atoms with Gasteiger partial charge in [-0.3, -0.25) is 4.98 Å². The van der Waals surface area contributed by atoms with Crippen LogP contribution in [0.4, 0.5) is 0 Å². The lowest BCUT2D eigenvalue weighted by Gasteiger charge is -2.20. The first-order valence-electron chi connectivity index (χ1n) is 18.7. The van der Waals surface area contributed by atoms with Gasteiger partial charge in [0.25, 0.3) is 0 Å². The third kappa shape index (κ3) is 8.89. The number of unbranched alkanes of at least 4 members (excludes halogenated alkanes) is 5. The Morgan fingerprint density at radius 3 is 1.06 bits per heavy atom. The maximum atomic E-state index is 6.52. The molecule has 6 heteroatoms. The summed E-state index contributed by atoms with van der Waals surface area (Å²) in [5.74, 6) is 3.94. The highest BCUT2D eigenvalue weighted by Crippen LogP contribution is 2.47. The normalized spacial score (nSPS) is 11.4. The molecule has 0 amide bonds. The van der Waals surface area contributed by atoms with Crippen molar-refractivity contribution in [3.05, 3.63) is 60.8 Å². The molecule has 0 saturated carbocycles. The second-order valence-electron chi connectivity index (χ2n) is 12.8. The molecule has 0 fully saturated rings. The molecule has 49 heavy (non-hydrogen) atoms. The van der Waals surface area contributed by atoms with Gasteiger partial charge in [-0.1, -0.05) is 72.8 Å². The van der Waals surface area contributed by atoms with Crippen LogP contribution in [0.2, 0.25) is 0 Å². The second kappa shape index (κ2) is 18.5. The molecule has 0 saturated heterocycles. The molecule has 0 radical (unpaired) electrons. The summed E-state index contributed by atoms with van der Waals surface area (Å²) in [5.41, 5.74) is 1.85. The van der Waals surface area contributed by atoms with Crippen molar-refractivity contribution in [2.24, 2.45) is 0 Å². The Morgan fingerprint density at radius 1 is 0.408 bits per heavy atom. The number of benzene rings is 4. The van der Waals surface area contributed by atoms with E-state index in [2.05, 4.69) is 77.1 Å². The van der Waals surface area contributed by atoms with Crippen LogP contribution in [0.15, 0.2) is 60.8 Å². The molecule has 1 heterocycles. The van der Waals surface area contributed by atoms with Crippen molar-refractivity contribution in [1.82, 2.24) is 4.98 Å². The minimum atomic E-state index is 0.639. The van der Waals surface area contributed by atoms with E-state index in [1.807, 2.05) is 18.3 Å². The molecule has 0 aliphatic heterocycles. The summed E-state index contributed by atoms with van der Waals surface area (Å²) in [5, 5.41) is 6.54. The zero-order valence-corrected chi connectivity index (χ0v) is 30.4. The van der Waals surface area contributed by atoms with Gasteiger partial charge in [0.1, 0.15) is 5.75 Å². The van der Waals surface area contributed by atoms with E-state index < -0.39 is 0 Å². The highest BCUT2D eigenvalue weighted by molar-refractivity contribution is 6.27. The van der Waals surface area contributed by atoms with Gasteiger partial charge in [-0.05, 0) is 113 Å². The summed E-state index contributed by atoms with van der Waals surface area (Å²) in [6.45, 7) is 14.1. The van der Waals surface area contributed by atoms with Crippen molar-refractivity contribution in [3.63, 3.8) is 0 Å². The number of fused-ring (bicyclic) bond motifs is 6. The summed E-state index contributed by atoms with van der Waals surface area (Å²) < 4.78 is 32.3. The molecule has 5 rings (SSSR count). The van der Waals surface area contributed by atoms with E-state index in [4.69, 9.17) is 28.7 Å². The fourth-order valence-corrected chi connectivity index (χ4v) is 5.96. The van der Waals surface area contributed by atoms with E-state index in [1.165, 1.54) is 0 Å². The SMILES string of the molecule is CCCCOc1cc2c3cc(OCCCC)c(OCCCC)cc3c3cc(-c4ccccn4)c(OCCCC)cc3c2cc1OCCCC. The van der Waals surface area contributed by atoms with E-state index in [9.17, 15) is 0 Å². The van der Waals surface area contributed by atoms with E-state index in [0.29, 0.717) is 33.0 Å². The Morgan fingerprint density at radius 2 is 0.735 bits per heavy atom. The molecule has 1 aromatic heterocycles. The molecular formula is C43H55NO5. The Hall–Kier alpha value is -4.19. The van der Waals surface area contributed by atoms with Crippen LogP contribution in [-0.4, -0.2) is 38.0 Å². The topological polar surface area (TPSA) is 59.0 Å². The molecule has 0 unspecified atom stereocenters. The lowest BCUT2D eigenvalue weighted by Crippen LogP contribution is -2.04. The summed E-state index contributed by atoms with van der Waals surface area (Å²) in [7, 11) is 0. The predicted octanol–water partition coefficient (Wildman–Crippen LogP) is 12.1. The summed E-state index contributed by atoms with van der Waals surface area (Å²) in [4.78, 5) is 4.75. The van der Waals surface area contributed by atoms with Gasteiger partial charge in [-0.15, -0.1) is 0 Å². The van der Waals surface area contributed by atoms with Crippen molar-refractivity contribution in [3.8, 4) is 40.0 Å². The van der Waals surface area contributed by atoms with Gasteiger partial charge in [0.2, 0.25) is 0 Å². The third-order valence-electron chi connectivity index (χ3n) is 8.88. The molecular weight excluding hydrogens is 610 g/mol. The Balaban J connectivity index is 1.85. The monoisotopic (exact) mass is 665 g/mol. The van der Waals surface area contributed by atoms with Gasteiger partial charge in [0.15, 0.2) is 23.0 Å². The summed E-state index contributed by atoms with van der Waals surface area (Å²) >= 11 is 0. The zero-order valence-electron chi connectivity index (χ0n) is 30.4. The first-order chi connectivity index (χ1) is 24.1. The molecule has 4 aromatic carbocycles. The predicted molar refractivity (Wildman–Crippen MR) is 204 cm³/mol. The number of hydrogen-bond donors (Lipinski definition) is 0. The van der Waals surface area contributed by atoms with Crippen LogP contribution in [0.5, 0.6) is 28.7 Å². The molecule has 0 bridgehead atoms. The largest absolute Gasteiger partial charge is 0.493 e. The molecule has 0 atom stereocenters. The lowest BCUT2D eigenvalue weighted by molar-refractivity contribution is 0.262. The number of rotatable bonds is 21. The highest BCUT2D eigenvalue weighted by atomic mass is 16.5. The number of nitrogens with zero attached hydrogens (tertiary/aromatic N) is 1. The number of ether oxygens (including phenoxy) is 5. The van der Waals surface area contributed by atoms with Crippen LogP contribution in [-0.2, 0) is 0 Å². The van der Waals surface area contributed by atoms with Gasteiger partial charge in [0.05, 0.1) is 38.7 Å². The van der Waals surface area contributed by atoms with Gasteiger partial charge in [-0.25, -0.2) is 0 Å². The number of hydrogen-bond acceptors (Lipinski definition) is 6. The van der Waals surface area contributed by atoms with Crippen molar-refractivity contribution in [1.29, 1.82) is 0 Å². The van der Waals surface area contributed by atoms with Crippen molar-refractivity contribution >= 4 is 32.3 Å². The van der Waals surface area contributed by atoms with Crippen molar-refractivity contribution in [2.75, 3.05) is 33.0 Å². The van der Waals surface area contributed by atoms with Crippen LogP contribution in [0, 0.1) is 0 Å². The standard InChI is InChI=1S/C43H55NO5/c1-6-11-20-45-39-26-32-31(25-37(39)38-18-16-17-19-44-38)33-27-40(46-21-12-7-2)42(48-23-14-9-4)29-35(33)36-30-43(49-24-15-10-5)41(28-34(32)36)47-22-13-8-3/h16-19,25-30H,6-15,20-24H2,1-5H3. The second-order valence-corrected chi connectivity index (χ2v) is 12.8. The maximum Gasteiger partial charge on any atom is 0.161 e. The number of aromatic nitrogens is 1. The summed E-state index contributed by atoms with van der Waals surface area (Å²) in [6, 6.07) is 19.2. The van der Waals surface area contributed by atoms with Crippen molar-refractivity contribution in [2.45, 2.75) is 98.8 Å². The molecule has 262 valence electrons. The molecule has 0 N–H and O–H groups in total. The lowest BCUT2D eigenvalue weighted by atomic mass is 9.91. The van der Waals surface area contributed by atoms with Gasteiger partial charge in [0, 0.05) is 11.8 Å². The van der Waals surface area contributed by atoms with Crippen molar-refractivity contribution < 1.29 is 23.7 Å². The quantitative estimate of drug-likeness (QED) is 0.0574. The van der Waals surface area contributed by atoms with Crippen LogP contribution in [0.1, 0.15) is 98.8 Å². The van der Waals surface area contributed by atoms with E-state index in [1.54, 1.807) is 0 Å². The van der Waals surface area contributed by atoms with Gasteiger partial charge < -0.3 is 23.7 Å². The minimum Gasteiger partial charge on any atom is -0.493 e. The average molecular weight is 666 g/mol. The minimum absolute atomic E-state index is 0.639. The summed E-state index contributed by atoms with van der Waals surface area (Å²) in [6.07, 6.45) is 12.0. The first kappa shape index (κ1) is 36.1. The Labute approximate surface area is 293 Å². The molecule has 6 nitrogen and oxygen atoms in total. The molecule has 0 aliphatic carbocycles. The Bertz CT molecular complexity index is 1740. The first-order valence-corrected chi connectivity index (χ1v) is 18.7. The van der Waals surface area contributed by atoms with E-state index in [-0.39, 0.29) is 0 Å². The van der Waals surface area contributed by atoms with E-state index in [0.717, 1.165) is 137 Å². The Kier molecular flexibility index (Phi) is 13.7. The highest BCUT2D eigenvalue weighted by Gasteiger charge is 2.20. The maximum absolute atomic E-state index is 6.52. The molecule has 5 aromatic rings. The van der Waals surface area contributed by atoms with Crippen LogP contribution < -0.4 is 23.7 Å². The van der Waals surface area contributed by atoms with Crippen LogP contribution >= 0.6 is 0 Å². The zero-order chi connectivity index (χ0) is 34.4. The fraction of sp³-hybridized carbons (Fsp3) is 0.465. The molecule has 0 aliphatic rings. The average Bonchev–Trinajstić information content (AvgIpc) is 3.12. The van der Waals surface area contributed by atoms with Gasteiger partial charge >= 0.3 is 0 Å². The van der Waals surface area contributed by atoms with Crippen LogP contribution in [0.25, 0.3) is 43.6 Å².